The molecule has 0 amide bonds. The van der Waals surface area contributed by atoms with E-state index in [2.05, 4.69) is 27.8 Å². The van der Waals surface area contributed by atoms with Crippen molar-refractivity contribution in [2.45, 2.75) is 55.9 Å². The molecule has 0 aliphatic carbocycles. The fourth-order valence-corrected chi connectivity index (χ4v) is 3.40. The van der Waals surface area contributed by atoms with Crippen molar-refractivity contribution in [3.8, 4) is 0 Å². The van der Waals surface area contributed by atoms with Crippen molar-refractivity contribution in [3.05, 3.63) is 32.6 Å². The molecular weight excluding hydrogens is 356 g/mol. The average molecular weight is 377 g/mol. The van der Waals surface area contributed by atoms with Crippen LogP contribution >= 0.6 is 15.9 Å². The third-order valence-electron chi connectivity index (χ3n) is 3.78. The van der Waals surface area contributed by atoms with E-state index in [1.807, 2.05) is 0 Å². The smallest absolute Gasteiger partial charge is 0.330 e. The average Bonchev–Trinajstić information content (AvgIpc) is 2.83. The van der Waals surface area contributed by atoms with Crippen LogP contribution in [0.1, 0.15) is 38.0 Å². The van der Waals surface area contributed by atoms with E-state index >= 15 is 0 Å². The lowest BCUT2D eigenvalue weighted by Gasteiger charge is -2.16. The number of hydrogen-bond donors (Lipinski definition) is 3. The van der Waals surface area contributed by atoms with Crippen molar-refractivity contribution in [3.63, 3.8) is 0 Å². The minimum atomic E-state index is -0.832. The van der Waals surface area contributed by atoms with Crippen LogP contribution in [0.25, 0.3) is 0 Å². The minimum Gasteiger partial charge on any atom is -0.394 e. The molecule has 1 aromatic rings. The normalized spacial score (nSPS) is 26.3. The van der Waals surface area contributed by atoms with Gasteiger partial charge in [0.05, 0.1) is 12.7 Å². The Kier molecular flexibility index (Phi) is 5.96. The van der Waals surface area contributed by atoms with Gasteiger partial charge in [0.15, 0.2) is 0 Å². The SMILES string of the molecule is CCCC(Br)Cc1cn([C@H]2C[C@H](O)[C@@H](CO)O2)c(=O)[nH]c1=O. The second kappa shape index (κ2) is 7.54. The second-order valence-electron chi connectivity index (χ2n) is 5.53. The van der Waals surface area contributed by atoms with E-state index in [0.29, 0.717) is 12.0 Å². The van der Waals surface area contributed by atoms with Gasteiger partial charge in [-0.05, 0) is 12.8 Å². The highest BCUT2D eigenvalue weighted by Crippen LogP contribution is 2.27. The van der Waals surface area contributed by atoms with Crippen LogP contribution in [0.4, 0.5) is 0 Å². The first-order valence-electron chi connectivity index (χ1n) is 7.39. The summed E-state index contributed by atoms with van der Waals surface area (Å²) in [6.07, 6.45) is 1.87. The van der Waals surface area contributed by atoms with Crippen LogP contribution in [0.3, 0.4) is 0 Å². The summed E-state index contributed by atoms with van der Waals surface area (Å²) < 4.78 is 6.75. The first-order chi connectivity index (χ1) is 10.5. The Morgan fingerprint density at radius 1 is 1.55 bits per heavy atom. The van der Waals surface area contributed by atoms with Crippen LogP contribution in [0.2, 0.25) is 0 Å². The third-order valence-corrected chi connectivity index (χ3v) is 4.56. The maximum Gasteiger partial charge on any atom is 0.330 e. The predicted octanol–water partition coefficient (Wildman–Crippen LogP) is 0.283. The summed E-state index contributed by atoms with van der Waals surface area (Å²) >= 11 is 3.52. The number of nitrogens with zero attached hydrogens (tertiary/aromatic N) is 1. The number of aliphatic hydroxyl groups excluding tert-OH is 2. The molecule has 1 aromatic heterocycles. The molecule has 8 heteroatoms. The lowest BCUT2D eigenvalue weighted by Crippen LogP contribution is -2.35. The van der Waals surface area contributed by atoms with Crippen LogP contribution in [0.5, 0.6) is 0 Å². The second-order valence-corrected chi connectivity index (χ2v) is 6.82. The Bertz CT molecular complexity index is 614. The van der Waals surface area contributed by atoms with Gasteiger partial charge in [0.1, 0.15) is 12.3 Å². The van der Waals surface area contributed by atoms with Crippen LogP contribution in [0, 0.1) is 0 Å². The van der Waals surface area contributed by atoms with Crippen LogP contribution in [-0.4, -0.2) is 43.4 Å². The predicted molar refractivity (Wildman–Crippen MR) is 84.3 cm³/mol. The first-order valence-corrected chi connectivity index (χ1v) is 8.30. The topological polar surface area (TPSA) is 105 Å². The van der Waals surface area contributed by atoms with Crippen LogP contribution in [-0.2, 0) is 11.2 Å². The molecule has 1 fully saturated rings. The Balaban J connectivity index is 2.25. The van der Waals surface area contributed by atoms with E-state index in [1.54, 1.807) is 0 Å². The highest BCUT2D eigenvalue weighted by Gasteiger charge is 2.35. The van der Waals surface area contributed by atoms with Crippen molar-refractivity contribution in [2.24, 2.45) is 0 Å². The van der Waals surface area contributed by atoms with Crippen LogP contribution < -0.4 is 11.2 Å². The fraction of sp³-hybridized carbons (Fsp3) is 0.714. The Labute approximate surface area is 136 Å². The molecule has 2 heterocycles. The molecule has 0 saturated carbocycles. The summed E-state index contributed by atoms with van der Waals surface area (Å²) in [6.45, 7) is 1.74. The zero-order valence-electron chi connectivity index (χ0n) is 12.4. The molecule has 4 atom stereocenters. The van der Waals surface area contributed by atoms with Crippen molar-refractivity contribution in [1.82, 2.24) is 9.55 Å². The lowest BCUT2D eigenvalue weighted by atomic mass is 10.1. The van der Waals surface area contributed by atoms with Gasteiger partial charge in [0.25, 0.3) is 5.56 Å². The number of aromatic amines is 1. The highest BCUT2D eigenvalue weighted by molar-refractivity contribution is 9.09. The Morgan fingerprint density at radius 2 is 2.27 bits per heavy atom. The molecular formula is C14H21BrN2O5. The molecule has 3 N–H and O–H groups in total. The van der Waals surface area contributed by atoms with Crippen LogP contribution in [0.15, 0.2) is 15.8 Å². The molecule has 1 aliphatic rings. The van der Waals surface area contributed by atoms with Gasteiger partial charge in [-0.3, -0.25) is 14.3 Å². The Morgan fingerprint density at radius 3 is 2.86 bits per heavy atom. The van der Waals surface area contributed by atoms with E-state index in [-0.39, 0.29) is 17.9 Å². The minimum absolute atomic E-state index is 0.157. The summed E-state index contributed by atoms with van der Waals surface area (Å²) in [7, 11) is 0. The number of nitrogens with one attached hydrogen (secondary N) is 1. The molecule has 0 bridgehead atoms. The largest absolute Gasteiger partial charge is 0.394 e. The van der Waals surface area contributed by atoms with E-state index in [9.17, 15) is 14.7 Å². The molecule has 1 unspecified atom stereocenters. The number of aliphatic hydroxyl groups is 2. The summed E-state index contributed by atoms with van der Waals surface area (Å²) in [6, 6.07) is 0. The van der Waals surface area contributed by atoms with E-state index < -0.39 is 29.7 Å². The van der Waals surface area contributed by atoms with Gasteiger partial charge in [-0.2, -0.15) is 0 Å². The molecule has 1 saturated heterocycles. The van der Waals surface area contributed by atoms with E-state index in [1.165, 1.54) is 10.8 Å². The third kappa shape index (κ3) is 3.87. The zero-order chi connectivity index (χ0) is 16.3. The molecule has 22 heavy (non-hydrogen) atoms. The lowest BCUT2D eigenvalue weighted by molar-refractivity contribution is -0.0460. The van der Waals surface area contributed by atoms with Gasteiger partial charge >= 0.3 is 5.69 Å². The number of hydrogen-bond acceptors (Lipinski definition) is 5. The number of ether oxygens (including phenoxy) is 1. The number of H-pyrrole nitrogens is 1. The molecule has 0 spiro atoms. The Hall–Kier alpha value is -0.960. The van der Waals surface area contributed by atoms with Gasteiger partial charge in [-0.1, -0.05) is 29.3 Å². The van der Waals surface area contributed by atoms with Gasteiger partial charge in [-0.15, -0.1) is 0 Å². The van der Waals surface area contributed by atoms with E-state index in [0.717, 1.165) is 12.8 Å². The molecule has 7 nitrogen and oxygen atoms in total. The van der Waals surface area contributed by atoms with Crippen molar-refractivity contribution in [2.75, 3.05) is 6.61 Å². The summed E-state index contributed by atoms with van der Waals surface area (Å²) in [4.78, 5) is 26.3. The van der Waals surface area contributed by atoms with Gasteiger partial charge in [0.2, 0.25) is 0 Å². The molecule has 1 aliphatic heterocycles. The zero-order valence-corrected chi connectivity index (χ0v) is 14.0. The molecule has 124 valence electrons. The number of alkyl halides is 1. The van der Waals surface area contributed by atoms with E-state index in [4.69, 9.17) is 9.84 Å². The maximum atomic E-state index is 12.0. The number of aromatic nitrogens is 2. The standard InChI is InChI=1S/C14H21BrN2O5/c1-2-3-9(15)4-8-6-17(14(21)16-13(8)20)12-5-10(19)11(7-18)22-12/h6,9-12,18-19H,2-5,7H2,1H3,(H,16,20,21)/t9?,10-,11+,12+/m0/s1. The maximum absolute atomic E-state index is 12.0. The van der Waals surface area contributed by atoms with Crippen molar-refractivity contribution >= 4 is 15.9 Å². The monoisotopic (exact) mass is 376 g/mol. The number of halogens is 1. The molecule has 0 radical (unpaired) electrons. The molecule has 0 aromatic carbocycles. The fourth-order valence-electron chi connectivity index (χ4n) is 2.59. The molecule has 2 rings (SSSR count). The van der Waals surface area contributed by atoms with Crippen molar-refractivity contribution < 1.29 is 14.9 Å². The summed E-state index contributed by atoms with van der Waals surface area (Å²) in [5.41, 5.74) is -0.495. The highest BCUT2D eigenvalue weighted by atomic mass is 79.9. The first kappa shape index (κ1) is 17.4. The van der Waals surface area contributed by atoms with Crippen molar-refractivity contribution in [1.29, 1.82) is 0 Å². The number of rotatable bonds is 6. The van der Waals surface area contributed by atoms with Gasteiger partial charge in [0, 0.05) is 23.0 Å². The van der Waals surface area contributed by atoms with Gasteiger partial charge in [-0.25, -0.2) is 4.79 Å². The quantitative estimate of drug-likeness (QED) is 0.618. The summed E-state index contributed by atoms with van der Waals surface area (Å²) in [5.74, 6) is 0. The van der Waals surface area contributed by atoms with Gasteiger partial charge < -0.3 is 14.9 Å². The summed E-state index contributed by atoms with van der Waals surface area (Å²) in [5, 5.41) is 18.9.